The first-order chi connectivity index (χ1) is 13.8. The van der Waals surface area contributed by atoms with Crippen molar-refractivity contribution < 1.29 is 23.5 Å². The number of carbonyl (C=O) groups excluding carboxylic acids is 4. The molecular formula is C22H47N3O4. The molecule has 0 saturated heterocycles. The highest BCUT2D eigenvalue weighted by atomic mass is 16.2. The first-order valence-electron chi connectivity index (χ1n) is 11.2. The zero-order valence-corrected chi connectivity index (χ0v) is 18.9. The number of hydrogen-bond acceptors (Lipinski definition) is 4. The molecule has 1 aliphatic carbocycles. The third-order valence-corrected chi connectivity index (χ3v) is 4.92. The van der Waals surface area contributed by atoms with Crippen molar-refractivity contribution in [3.8, 4) is 0 Å². The molecule has 0 unspecified atom stereocenters. The second kappa shape index (κ2) is 15.9. The molecule has 174 valence electrons. The van der Waals surface area contributed by atoms with Gasteiger partial charge in [0.1, 0.15) is 5.78 Å². The van der Waals surface area contributed by atoms with Gasteiger partial charge in [0.15, 0.2) is 0 Å². The quantitative estimate of drug-likeness (QED) is 0.479. The van der Waals surface area contributed by atoms with E-state index >= 15 is 0 Å². The second-order valence-corrected chi connectivity index (χ2v) is 7.58. The van der Waals surface area contributed by atoms with Gasteiger partial charge in [0.25, 0.3) is 0 Å². The van der Waals surface area contributed by atoms with Crippen LogP contribution in [0.2, 0.25) is 0 Å². The summed E-state index contributed by atoms with van der Waals surface area (Å²) >= 11 is 0. The van der Waals surface area contributed by atoms with Crippen LogP contribution in [0.25, 0.3) is 0 Å². The standard InChI is InChI=1S/C20H35N3O4.C2H6.3H2/c1-4-21-18(25)12-13-22-17(24)6-5-7-19(26)23-16-10-8-15(9-11-16)20(27)14(2)3;1-2;;;/h14-16H,4-13H2,1-3H3,(H,21,25)(H,22,24)(H,23,26);1-2H3;3*1H. The molecule has 0 atom stereocenters. The Morgan fingerprint density at radius 3 is 1.97 bits per heavy atom. The summed E-state index contributed by atoms with van der Waals surface area (Å²) in [7, 11) is 0. The van der Waals surface area contributed by atoms with Crippen LogP contribution >= 0.6 is 0 Å². The van der Waals surface area contributed by atoms with E-state index in [1.807, 2.05) is 34.6 Å². The molecule has 0 bridgehead atoms. The van der Waals surface area contributed by atoms with E-state index < -0.39 is 0 Å². The molecular weight excluding hydrogens is 370 g/mol. The third-order valence-electron chi connectivity index (χ3n) is 4.92. The summed E-state index contributed by atoms with van der Waals surface area (Å²) in [5, 5.41) is 8.38. The first kappa shape index (κ1) is 27.1. The molecule has 1 rings (SSSR count). The lowest BCUT2D eigenvalue weighted by atomic mass is 9.80. The number of ketones is 1. The normalized spacial score (nSPS) is 18.3. The number of Topliss-reactive ketones (excluding diaryl/α,β-unsaturated/α-hetero) is 1. The van der Waals surface area contributed by atoms with Crippen molar-refractivity contribution in [2.24, 2.45) is 11.8 Å². The molecule has 0 spiro atoms. The molecule has 0 aromatic heterocycles. The summed E-state index contributed by atoms with van der Waals surface area (Å²) in [6.07, 6.45) is 4.71. The molecule has 0 heterocycles. The van der Waals surface area contributed by atoms with Gasteiger partial charge in [0.2, 0.25) is 17.7 Å². The highest BCUT2D eigenvalue weighted by Crippen LogP contribution is 2.27. The van der Waals surface area contributed by atoms with Crippen LogP contribution in [0.15, 0.2) is 0 Å². The molecule has 3 N–H and O–H groups in total. The van der Waals surface area contributed by atoms with Crippen LogP contribution in [0, 0.1) is 11.8 Å². The smallest absolute Gasteiger partial charge is 0.221 e. The van der Waals surface area contributed by atoms with Crippen molar-refractivity contribution in [2.45, 2.75) is 92.0 Å². The van der Waals surface area contributed by atoms with Crippen LogP contribution in [0.4, 0.5) is 0 Å². The Kier molecular flexibility index (Phi) is 14.9. The van der Waals surface area contributed by atoms with Crippen LogP contribution in [-0.4, -0.2) is 42.6 Å². The van der Waals surface area contributed by atoms with Crippen LogP contribution in [-0.2, 0) is 19.2 Å². The molecule has 7 nitrogen and oxygen atoms in total. The van der Waals surface area contributed by atoms with E-state index in [2.05, 4.69) is 16.0 Å². The first-order valence-corrected chi connectivity index (χ1v) is 11.2. The number of nitrogens with one attached hydrogen (secondary N) is 3. The summed E-state index contributed by atoms with van der Waals surface area (Å²) in [6, 6.07) is 0.139. The Bertz CT molecular complexity index is 527. The Morgan fingerprint density at radius 1 is 0.862 bits per heavy atom. The van der Waals surface area contributed by atoms with Gasteiger partial charge in [0.05, 0.1) is 0 Å². The maximum absolute atomic E-state index is 12.0. The minimum absolute atomic E-state index is 0. The fraction of sp³-hybridized carbons (Fsp3) is 0.818. The van der Waals surface area contributed by atoms with Crippen molar-refractivity contribution in [1.82, 2.24) is 16.0 Å². The topological polar surface area (TPSA) is 104 Å². The SMILES string of the molecule is CC.CCNC(=O)CCNC(=O)CCCC(=O)NC1CCC(C(=O)C(C)C)CC1.[HH].[HH].[HH]. The molecule has 1 fully saturated rings. The number of hydrogen-bond donors (Lipinski definition) is 3. The van der Waals surface area contributed by atoms with E-state index in [1.165, 1.54) is 0 Å². The maximum atomic E-state index is 12.0. The zero-order valence-electron chi connectivity index (χ0n) is 18.9. The summed E-state index contributed by atoms with van der Waals surface area (Å²) < 4.78 is 0. The molecule has 7 heteroatoms. The van der Waals surface area contributed by atoms with Crippen LogP contribution in [0.3, 0.4) is 0 Å². The van der Waals surface area contributed by atoms with Gasteiger partial charge in [0, 0.05) is 54.5 Å². The molecule has 1 saturated carbocycles. The largest absolute Gasteiger partial charge is 0.356 e. The highest BCUT2D eigenvalue weighted by molar-refractivity contribution is 5.83. The van der Waals surface area contributed by atoms with E-state index in [-0.39, 0.29) is 52.7 Å². The summed E-state index contributed by atoms with van der Waals surface area (Å²) in [5.74, 6) is 0.290. The summed E-state index contributed by atoms with van der Waals surface area (Å²) in [6.45, 7) is 10.6. The zero-order chi connectivity index (χ0) is 22.2. The van der Waals surface area contributed by atoms with Crippen molar-refractivity contribution in [1.29, 1.82) is 0 Å². The van der Waals surface area contributed by atoms with Crippen molar-refractivity contribution >= 4 is 23.5 Å². The fourth-order valence-corrected chi connectivity index (χ4v) is 3.39. The predicted octanol–water partition coefficient (Wildman–Crippen LogP) is 3.46. The van der Waals surface area contributed by atoms with Gasteiger partial charge in [-0.3, -0.25) is 19.2 Å². The van der Waals surface area contributed by atoms with E-state index in [0.717, 1.165) is 25.7 Å². The molecule has 1 aliphatic rings. The van der Waals surface area contributed by atoms with Gasteiger partial charge in [-0.25, -0.2) is 0 Å². The van der Waals surface area contributed by atoms with E-state index in [9.17, 15) is 19.2 Å². The van der Waals surface area contributed by atoms with Crippen LogP contribution < -0.4 is 16.0 Å². The summed E-state index contributed by atoms with van der Waals surface area (Å²) in [5.41, 5.74) is 0. The lowest BCUT2D eigenvalue weighted by molar-refractivity contribution is -0.127. The van der Waals surface area contributed by atoms with Gasteiger partial charge in [-0.1, -0.05) is 27.7 Å². The van der Waals surface area contributed by atoms with Crippen LogP contribution in [0.1, 0.15) is 90.3 Å². The molecule has 29 heavy (non-hydrogen) atoms. The number of carbonyl (C=O) groups is 4. The monoisotopic (exact) mass is 417 g/mol. The lowest BCUT2D eigenvalue weighted by Gasteiger charge is -2.29. The summed E-state index contributed by atoms with van der Waals surface area (Å²) in [4.78, 5) is 47.0. The molecule has 0 aromatic rings. The molecule has 0 radical (unpaired) electrons. The molecule has 3 amide bonds. The van der Waals surface area contributed by atoms with E-state index in [0.29, 0.717) is 31.7 Å². The Hall–Kier alpha value is -1.92. The average molecular weight is 418 g/mol. The maximum Gasteiger partial charge on any atom is 0.221 e. The second-order valence-electron chi connectivity index (χ2n) is 7.58. The van der Waals surface area contributed by atoms with Gasteiger partial charge in [-0.15, -0.1) is 0 Å². The fourth-order valence-electron chi connectivity index (χ4n) is 3.39. The number of rotatable bonds is 11. The Balaban J connectivity index is -0.000000761. The predicted molar refractivity (Wildman–Crippen MR) is 122 cm³/mol. The van der Waals surface area contributed by atoms with Gasteiger partial charge >= 0.3 is 0 Å². The van der Waals surface area contributed by atoms with Gasteiger partial charge in [-0.2, -0.15) is 0 Å². The lowest BCUT2D eigenvalue weighted by Crippen LogP contribution is -2.39. The van der Waals surface area contributed by atoms with Crippen molar-refractivity contribution in [3.63, 3.8) is 0 Å². The van der Waals surface area contributed by atoms with E-state index in [1.54, 1.807) is 0 Å². The van der Waals surface area contributed by atoms with Crippen LogP contribution in [0.5, 0.6) is 0 Å². The minimum atomic E-state index is -0.139. The van der Waals surface area contributed by atoms with Gasteiger partial charge < -0.3 is 16.0 Å². The number of amides is 3. The highest BCUT2D eigenvalue weighted by Gasteiger charge is 2.28. The minimum Gasteiger partial charge on any atom is -0.356 e. The average Bonchev–Trinajstić information content (AvgIpc) is 2.69. The molecule has 0 aromatic carbocycles. The van der Waals surface area contributed by atoms with E-state index in [4.69, 9.17) is 0 Å². The van der Waals surface area contributed by atoms with Gasteiger partial charge in [-0.05, 0) is 39.0 Å². The Labute approximate surface area is 180 Å². The van der Waals surface area contributed by atoms with Crippen molar-refractivity contribution in [2.75, 3.05) is 13.1 Å². The third kappa shape index (κ3) is 12.3. The molecule has 0 aliphatic heterocycles. The van der Waals surface area contributed by atoms with Crippen molar-refractivity contribution in [3.05, 3.63) is 0 Å². The Morgan fingerprint density at radius 2 is 1.41 bits per heavy atom.